The van der Waals surface area contributed by atoms with E-state index in [0.29, 0.717) is 18.0 Å². The Balaban J connectivity index is 2.84. The summed E-state index contributed by atoms with van der Waals surface area (Å²) in [5.41, 5.74) is 0.735. The Morgan fingerprint density at radius 3 is 2.92 bits per heavy atom. The molecule has 12 heavy (non-hydrogen) atoms. The number of nitrogens with zero attached hydrogens (tertiary/aromatic N) is 1. The molecule has 0 spiro atoms. The van der Waals surface area contributed by atoms with Crippen LogP contribution in [-0.2, 0) is 6.42 Å². The van der Waals surface area contributed by atoms with Crippen molar-refractivity contribution in [2.45, 2.75) is 6.42 Å². The minimum atomic E-state index is 0.211. The van der Waals surface area contributed by atoms with Crippen LogP contribution in [0, 0.1) is 6.57 Å². The van der Waals surface area contributed by atoms with Crippen LogP contribution in [0.4, 0.5) is 0 Å². The number of phenolic OH excluding ortho intramolecular Hbond substituents is 1. The van der Waals surface area contributed by atoms with Gasteiger partial charge in [0.05, 0.1) is 0 Å². The fraction of sp³-hybridized carbons (Fsp3) is 0.222. The second-order valence-electron chi connectivity index (χ2n) is 2.40. The summed E-state index contributed by atoms with van der Waals surface area (Å²) in [4.78, 5) is 3.20. The first-order valence-electron chi connectivity index (χ1n) is 3.54. The van der Waals surface area contributed by atoms with Crippen LogP contribution in [0.25, 0.3) is 4.85 Å². The average molecular weight is 182 g/mol. The molecule has 0 heterocycles. The lowest BCUT2D eigenvalue weighted by atomic mass is 10.1. The van der Waals surface area contributed by atoms with Crippen molar-refractivity contribution < 1.29 is 5.11 Å². The summed E-state index contributed by atoms with van der Waals surface area (Å²) < 4.78 is 0. The van der Waals surface area contributed by atoms with Crippen LogP contribution in [-0.4, -0.2) is 11.7 Å². The highest BCUT2D eigenvalue weighted by Gasteiger charge is 2.02. The molecule has 62 valence electrons. The third kappa shape index (κ3) is 2.14. The number of halogens is 1. The predicted molar refractivity (Wildman–Crippen MR) is 48.3 cm³/mol. The SMILES string of the molecule is [C-]#[N+]CCc1cc(Cl)ccc1O. The van der Waals surface area contributed by atoms with Gasteiger partial charge in [-0.25, -0.2) is 6.57 Å². The summed E-state index contributed by atoms with van der Waals surface area (Å²) in [5, 5.41) is 9.89. The maximum absolute atomic E-state index is 9.30. The molecule has 0 saturated carbocycles. The maximum atomic E-state index is 9.30. The van der Waals surface area contributed by atoms with Crippen LogP contribution in [0.1, 0.15) is 5.56 Å². The molecule has 0 unspecified atom stereocenters. The van der Waals surface area contributed by atoms with Crippen molar-refractivity contribution in [3.05, 3.63) is 40.2 Å². The van der Waals surface area contributed by atoms with Crippen LogP contribution in [0.3, 0.4) is 0 Å². The van der Waals surface area contributed by atoms with Crippen molar-refractivity contribution >= 4 is 11.6 Å². The van der Waals surface area contributed by atoms with Gasteiger partial charge >= 0.3 is 0 Å². The fourth-order valence-electron chi connectivity index (χ4n) is 0.931. The van der Waals surface area contributed by atoms with Gasteiger partial charge in [0.15, 0.2) is 0 Å². The average Bonchev–Trinajstić information content (AvgIpc) is 2.07. The molecule has 0 aromatic heterocycles. The molecule has 2 nitrogen and oxygen atoms in total. The largest absolute Gasteiger partial charge is 0.508 e. The van der Waals surface area contributed by atoms with E-state index in [2.05, 4.69) is 4.85 Å². The Morgan fingerprint density at radius 2 is 2.25 bits per heavy atom. The van der Waals surface area contributed by atoms with E-state index in [4.69, 9.17) is 18.2 Å². The molecule has 0 radical (unpaired) electrons. The van der Waals surface area contributed by atoms with Gasteiger partial charge in [-0.3, -0.25) is 0 Å². The van der Waals surface area contributed by atoms with Gasteiger partial charge in [-0.1, -0.05) is 11.6 Å². The molecule has 0 bridgehead atoms. The normalized spacial score (nSPS) is 9.33. The second kappa shape index (κ2) is 3.99. The lowest BCUT2D eigenvalue weighted by molar-refractivity contribution is 0.468. The molecule has 0 saturated heterocycles. The molecular formula is C9H8ClNO. The smallest absolute Gasteiger partial charge is 0.218 e. The van der Waals surface area contributed by atoms with E-state index in [1.165, 1.54) is 0 Å². The van der Waals surface area contributed by atoms with E-state index in [-0.39, 0.29) is 5.75 Å². The molecule has 0 aliphatic heterocycles. The molecule has 0 aliphatic rings. The highest BCUT2D eigenvalue weighted by molar-refractivity contribution is 6.30. The predicted octanol–water partition coefficient (Wildman–Crippen LogP) is 2.51. The Labute approximate surface area is 76.2 Å². The molecular weight excluding hydrogens is 174 g/mol. The minimum absolute atomic E-state index is 0.211. The first kappa shape index (κ1) is 8.89. The Morgan fingerprint density at radius 1 is 1.50 bits per heavy atom. The highest BCUT2D eigenvalue weighted by atomic mass is 35.5. The summed E-state index contributed by atoms with van der Waals surface area (Å²) in [5.74, 6) is 0.211. The summed E-state index contributed by atoms with van der Waals surface area (Å²) in [6, 6.07) is 4.85. The van der Waals surface area contributed by atoms with E-state index in [0.717, 1.165) is 5.56 Å². The Hall–Kier alpha value is -1.20. The third-order valence-electron chi connectivity index (χ3n) is 1.53. The molecule has 0 fully saturated rings. The molecule has 1 rings (SSSR count). The van der Waals surface area contributed by atoms with Gasteiger partial charge < -0.3 is 9.95 Å². The highest BCUT2D eigenvalue weighted by Crippen LogP contribution is 2.21. The molecule has 0 amide bonds. The van der Waals surface area contributed by atoms with Crippen LogP contribution in [0.15, 0.2) is 18.2 Å². The van der Waals surface area contributed by atoms with Crippen molar-refractivity contribution in [3.63, 3.8) is 0 Å². The van der Waals surface area contributed by atoms with Gasteiger partial charge in [0.2, 0.25) is 6.54 Å². The molecule has 0 atom stereocenters. The van der Waals surface area contributed by atoms with Crippen molar-refractivity contribution in [2.75, 3.05) is 6.54 Å². The van der Waals surface area contributed by atoms with E-state index in [1.807, 2.05) is 0 Å². The van der Waals surface area contributed by atoms with Gasteiger partial charge in [-0.2, -0.15) is 0 Å². The first-order chi connectivity index (χ1) is 5.74. The van der Waals surface area contributed by atoms with Gasteiger partial charge in [-0.15, -0.1) is 0 Å². The standard InChI is InChI=1S/C9H8ClNO/c1-11-5-4-7-6-8(10)2-3-9(7)12/h2-3,6,12H,4-5H2. The number of hydrogen-bond donors (Lipinski definition) is 1. The Bertz CT molecular complexity index is 317. The fourth-order valence-corrected chi connectivity index (χ4v) is 1.13. The summed E-state index contributed by atoms with van der Waals surface area (Å²) in [7, 11) is 0. The van der Waals surface area contributed by atoms with E-state index < -0.39 is 0 Å². The van der Waals surface area contributed by atoms with Crippen LogP contribution in [0.2, 0.25) is 5.02 Å². The maximum Gasteiger partial charge on any atom is 0.218 e. The molecule has 0 aliphatic carbocycles. The van der Waals surface area contributed by atoms with Crippen molar-refractivity contribution in [3.8, 4) is 5.75 Å². The van der Waals surface area contributed by atoms with Crippen LogP contribution >= 0.6 is 11.6 Å². The lowest BCUT2D eigenvalue weighted by Crippen LogP contribution is -1.87. The molecule has 1 aromatic rings. The second-order valence-corrected chi connectivity index (χ2v) is 2.84. The zero-order valence-corrected chi connectivity index (χ0v) is 7.17. The van der Waals surface area contributed by atoms with Crippen LogP contribution in [0.5, 0.6) is 5.75 Å². The third-order valence-corrected chi connectivity index (χ3v) is 1.77. The monoisotopic (exact) mass is 181 g/mol. The number of hydrogen-bond acceptors (Lipinski definition) is 1. The summed E-state index contributed by atoms with van der Waals surface area (Å²) in [6.45, 7) is 6.97. The van der Waals surface area contributed by atoms with Gasteiger partial charge in [0.25, 0.3) is 0 Å². The number of rotatable bonds is 2. The molecule has 1 aromatic carbocycles. The van der Waals surface area contributed by atoms with Crippen molar-refractivity contribution in [1.29, 1.82) is 0 Å². The lowest BCUT2D eigenvalue weighted by Gasteiger charge is -2.00. The number of aromatic hydroxyl groups is 1. The van der Waals surface area contributed by atoms with Crippen LogP contribution < -0.4 is 0 Å². The summed E-state index contributed by atoms with van der Waals surface area (Å²) >= 11 is 5.71. The molecule has 1 N–H and O–H groups in total. The van der Waals surface area contributed by atoms with Crippen molar-refractivity contribution in [2.24, 2.45) is 0 Å². The van der Waals surface area contributed by atoms with Gasteiger partial charge in [0, 0.05) is 17.0 Å². The first-order valence-corrected chi connectivity index (χ1v) is 3.92. The van der Waals surface area contributed by atoms with Gasteiger partial charge in [0.1, 0.15) is 5.75 Å². The van der Waals surface area contributed by atoms with E-state index >= 15 is 0 Å². The quantitative estimate of drug-likeness (QED) is 0.697. The minimum Gasteiger partial charge on any atom is -0.508 e. The van der Waals surface area contributed by atoms with Crippen molar-refractivity contribution in [1.82, 2.24) is 0 Å². The number of phenols is 1. The number of benzene rings is 1. The zero-order valence-electron chi connectivity index (χ0n) is 6.42. The summed E-state index contributed by atoms with van der Waals surface area (Å²) in [6.07, 6.45) is 0.551. The zero-order chi connectivity index (χ0) is 8.97. The van der Waals surface area contributed by atoms with Gasteiger partial charge in [-0.05, 0) is 18.2 Å². The van der Waals surface area contributed by atoms with E-state index in [9.17, 15) is 5.11 Å². The topological polar surface area (TPSA) is 24.6 Å². The van der Waals surface area contributed by atoms with E-state index in [1.54, 1.807) is 18.2 Å². The Kier molecular flexibility index (Phi) is 2.95. The molecule has 3 heteroatoms.